The van der Waals surface area contributed by atoms with Crippen LogP contribution in [0.4, 0.5) is 8.78 Å². The van der Waals surface area contributed by atoms with Gasteiger partial charge in [0.05, 0.1) is 0 Å². The molecule has 1 rings (SSSR count). The second-order valence-corrected chi connectivity index (χ2v) is 4.13. The van der Waals surface area contributed by atoms with E-state index in [2.05, 4.69) is 20.7 Å². The van der Waals surface area contributed by atoms with E-state index in [4.69, 9.17) is 0 Å². The number of hydrogen-bond donors (Lipinski definition) is 0. The summed E-state index contributed by atoms with van der Waals surface area (Å²) >= 11 is 3.26. The first-order chi connectivity index (χ1) is 6.29. The van der Waals surface area contributed by atoms with Crippen LogP contribution >= 0.6 is 15.9 Å². The van der Waals surface area contributed by atoms with Gasteiger partial charge in [-0.05, 0) is 31.0 Å². The van der Waals surface area contributed by atoms with Crippen molar-refractivity contribution >= 4 is 15.9 Å². The molecule has 0 aliphatic heterocycles. The van der Waals surface area contributed by atoms with E-state index in [1.807, 2.05) is 6.92 Å². The summed E-state index contributed by atoms with van der Waals surface area (Å²) in [4.78, 5) is 0. The van der Waals surface area contributed by atoms with Gasteiger partial charge >= 0.3 is 6.11 Å². The lowest BCUT2D eigenvalue weighted by atomic mass is 10.1. The standard InChI is InChI=1S/C10H11BrF2O/c1-6-4-7(2)9(5-8(6)11)14-10(3,12)13/h4-5H,1-3H3. The Bertz CT molecular complexity index is 345. The number of aryl methyl sites for hydroxylation is 2. The Kier molecular flexibility index (Phi) is 3.14. The average Bonchev–Trinajstić information content (AvgIpc) is 1.97. The third-order valence-corrected chi connectivity index (χ3v) is 2.60. The average molecular weight is 265 g/mol. The lowest BCUT2D eigenvalue weighted by Crippen LogP contribution is -2.19. The van der Waals surface area contributed by atoms with E-state index in [9.17, 15) is 8.78 Å². The minimum atomic E-state index is -3.14. The first-order valence-corrected chi connectivity index (χ1v) is 4.92. The molecule has 1 aromatic rings. The summed E-state index contributed by atoms with van der Waals surface area (Å²) in [6.45, 7) is 4.35. The molecule has 0 aliphatic rings. The van der Waals surface area contributed by atoms with Crippen LogP contribution in [0, 0.1) is 13.8 Å². The van der Waals surface area contributed by atoms with Crippen LogP contribution in [0.3, 0.4) is 0 Å². The molecule has 0 amide bonds. The van der Waals surface area contributed by atoms with Crippen molar-refractivity contribution in [3.05, 3.63) is 27.7 Å². The van der Waals surface area contributed by atoms with Crippen molar-refractivity contribution in [1.82, 2.24) is 0 Å². The van der Waals surface area contributed by atoms with Crippen LogP contribution in [-0.2, 0) is 0 Å². The summed E-state index contributed by atoms with van der Waals surface area (Å²) in [5, 5.41) is 0. The first kappa shape index (κ1) is 11.4. The van der Waals surface area contributed by atoms with Gasteiger partial charge in [-0.1, -0.05) is 22.0 Å². The lowest BCUT2D eigenvalue weighted by Gasteiger charge is -2.15. The van der Waals surface area contributed by atoms with Gasteiger partial charge in [-0.3, -0.25) is 0 Å². The molecule has 0 saturated carbocycles. The molecule has 0 saturated heterocycles. The van der Waals surface area contributed by atoms with Crippen LogP contribution in [0.2, 0.25) is 0 Å². The number of ether oxygens (including phenoxy) is 1. The van der Waals surface area contributed by atoms with Crippen molar-refractivity contribution in [3.63, 3.8) is 0 Å². The molecule has 0 unspecified atom stereocenters. The second-order valence-electron chi connectivity index (χ2n) is 3.28. The van der Waals surface area contributed by atoms with Crippen molar-refractivity contribution in [3.8, 4) is 5.75 Å². The number of rotatable bonds is 2. The number of hydrogen-bond acceptors (Lipinski definition) is 1. The quantitative estimate of drug-likeness (QED) is 0.783. The maximum absolute atomic E-state index is 12.6. The van der Waals surface area contributed by atoms with Crippen LogP contribution in [0.5, 0.6) is 5.75 Å². The fraction of sp³-hybridized carbons (Fsp3) is 0.400. The Morgan fingerprint density at radius 1 is 1.21 bits per heavy atom. The predicted octanol–water partition coefficient (Wildman–Crippen LogP) is 4.06. The van der Waals surface area contributed by atoms with E-state index in [0.29, 0.717) is 5.56 Å². The van der Waals surface area contributed by atoms with Gasteiger partial charge in [0.25, 0.3) is 0 Å². The molecule has 4 heteroatoms. The summed E-state index contributed by atoms with van der Waals surface area (Å²) in [5.74, 6) is 0.204. The third-order valence-electron chi connectivity index (χ3n) is 1.75. The van der Waals surface area contributed by atoms with Gasteiger partial charge in [0, 0.05) is 11.4 Å². The number of benzene rings is 1. The van der Waals surface area contributed by atoms with Crippen molar-refractivity contribution in [2.75, 3.05) is 0 Å². The summed E-state index contributed by atoms with van der Waals surface area (Å²) < 4.78 is 30.4. The van der Waals surface area contributed by atoms with Crippen LogP contribution in [0.15, 0.2) is 16.6 Å². The highest BCUT2D eigenvalue weighted by Crippen LogP contribution is 2.30. The minimum absolute atomic E-state index is 0.204. The van der Waals surface area contributed by atoms with Gasteiger partial charge in [0.15, 0.2) is 0 Å². The normalized spacial score (nSPS) is 11.6. The van der Waals surface area contributed by atoms with E-state index in [-0.39, 0.29) is 5.75 Å². The first-order valence-electron chi connectivity index (χ1n) is 4.13. The van der Waals surface area contributed by atoms with E-state index in [0.717, 1.165) is 17.0 Å². The van der Waals surface area contributed by atoms with Gasteiger partial charge in [-0.2, -0.15) is 8.78 Å². The highest BCUT2D eigenvalue weighted by molar-refractivity contribution is 9.10. The molecule has 1 nitrogen and oxygen atoms in total. The molecule has 0 fully saturated rings. The monoisotopic (exact) mass is 264 g/mol. The third kappa shape index (κ3) is 2.94. The molecule has 0 spiro atoms. The minimum Gasteiger partial charge on any atom is -0.432 e. The van der Waals surface area contributed by atoms with Crippen LogP contribution < -0.4 is 4.74 Å². The molecule has 1 aromatic carbocycles. The van der Waals surface area contributed by atoms with E-state index < -0.39 is 6.11 Å². The number of alkyl halides is 2. The SMILES string of the molecule is Cc1cc(C)c(OC(C)(F)F)cc1Br. The zero-order valence-electron chi connectivity index (χ0n) is 8.20. The molecular weight excluding hydrogens is 254 g/mol. The van der Waals surface area contributed by atoms with Gasteiger partial charge in [-0.25, -0.2) is 0 Å². The molecule has 0 N–H and O–H groups in total. The summed E-state index contributed by atoms with van der Waals surface area (Å²) in [7, 11) is 0. The molecule has 0 heterocycles. The van der Waals surface area contributed by atoms with Crippen LogP contribution in [0.25, 0.3) is 0 Å². The van der Waals surface area contributed by atoms with Crippen molar-refractivity contribution < 1.29 is 13.5 Å². The van der Waals surface area contributed by atoms with Crippen molar-refractivity contribution in [2.24, 2.45) is 0 Å². The molecular formula is C10H11BrF2O. The fourth-order valence-corrected chi connectivity index (χ4v) is 1.43. The maximum atomic E-state index is 12.6. The lowest BCUT2D eigenvalue weighted by molar-refractivity contribution is -0.159. The summed E-state index contributed by atoms with van der Waals surface area (Å²) in [6, 6.07) is 3.35. The van der Waals surface area contributed by atoms with E-state index in [1.165, 1.54) is 0 Å². The second kappa shape index (κ2) is 3.85. The molecule has 0 bridgehead atoms. The highest BCUT2D eigenvalue weighted by atomic mass is 79.9. The molecule has 0 aromatic heterocycles. The summed E-state index contributed by atoms with van der Waals surface area (Å²) in [6.07, 6.45) is -3.14. The topological polar surface area (TPSA) is 9.23 Å². The molecule has 0 atom stereocenters. The molecule has 0 aliphatic carbocycles. The highest BCUT2D eigenvalue weighted by Gasteiger charge is 2.24. The predicted molar refractivity (Wildman–Crippen MR) is 54.9 cm³/mol. The molecule has 0 radical (unpaired) electrons. The Labute approximate surface area is 90.2 Å². The van der Waals surface area contributed by atoms with Gasteiger partial charge < -0.3 is 4.74 Å². The van der Waals surface area contributed by atoms with E-state index >= 15 is 0 Å². The number of halogens is 3. The zero-order chi connectivity index (χ0) is 10.9. The molecule has 78 valence electrons. The van der Waals surface area contributed by atoms with Gasteiger partial charge in [0.1, 0.15) is 5.75 Å². The fourth-order valence-electron chi connectivity index (χ4n) is 1.11. The van der Waals surface area contributed by atoms with Crippen LogP contribution in [0.1, 0.15) is 18.1 Å². The van der Waals surface area contributed by atoms with E-state index in [1.54, 1.807) is 19.1 Å². The maximum Gasteiger partial charge on any atom is 0.394 e. The van der Waals surface area contributed by atoms with Crippen molar-refractivity contribution in [2.45, 2.75) is 26.9 Å². The zero-order valence-corrected chi connectivity index (χ0v) is 9.78. The molecule has 14 heavy (non-hydrogen) atoms. The largest absolute Gasteiger partial charge is 0.432 e. The van der Waals surface area contributed by atoms with Crippen molar-refractivity contribution in [1.29, 1.82) is 0 Å². The summed E-state index contributed by atoms with van der Waals surface area (Å²) in [5.41, 5.74) is 1.70. The van der Waals surface area contributed by atoms with Gasteiger partial charge in [-0.15, -0.1) is 0 Å². The smallest absolute Gasteiger partial charge is 0.394 e. The Morgan fingerprint density at radius 2 is 1.79 bits per heavy atom. The Morgan fingerprint density at radius 3 is 2.29 bits per heavy atom. The Balaban J connectivity index is 3.04. The Hall–Kier alpha value is -0.640. The van der Waals surface area contributed by atoms with Crippen LogP contribution in [-0.4, -0.2) is 6.11 Å². The van der Waals surface area contributed by atoms with Gasteiger partial charge in [0.2, 0.25) is 0 Å².